The quantitative estimate of drug-likeness (QED) is 0.801. The summed E-state index contributed by atoms with van der Waals surface area (Å²) in [6.07, 6.45) is 0.395. The van der Waals surface area contributed by atoms with Gasteiger partial charge < -0.3 is 9.84 Å². The van der Waals surface area contributed by atoms with Crippen LogP contribution in [0.1, 0.15) is 22.6 Å². The molecule has 0 radical (unpaired) electrons. The first kappa shape index (κ1) is 11.1. The zero-order valence-electron chi connectivity index (χ0n) is 8.77. The zero-order chi connectivity index (χ0) is 11.8. The molecule has 0 aliphatic heterocycles. The molecule has 1 heterocycles. The fourth-order valence-corrected chi connectivity index (χ4v) is 2.87. The Morgan fingerprint density at radius 3 is 2.81 bits per heavy atom. The van der Waals surface area contributed by atoms with E-state index in [1.54, 1.807) is 6.07 Å². The lowest BCUT2D eigenvalue weighted by molar-refractivity contribution is -0.152. The van der Waals surface area contributed by atoms with E-state index in [9.17, 15) is 9.90 Å². The minimum atomic E-state index is -1.12. The SMILES string of the molecule is COC(=O)C(O)C1(c2ccc(C#N)s2)CC1. The largest absolute Gasteiger partial charge is 0.467 e. The van der Waals surface area contributed by atoms with Gasteiger partial charge in [0.1, 0.15) is 10.9 Å². The number of hydrogen-bond acceptors (Lipinski definition) is 5. The van der Waals surface area contributed by atoms with Crippen LogP contribution >= 0.6 is 11.3 Å². The summed E-state index contributed by atoms with van der Waals surface area (Å²) in [5.41, 5.74) is -0.507. The molecular formula is C11H11NO3S. The molecule has 1 aromatic heterocycles. The van der Waals surface area contributed by atoms with Gasteiger partial charge >= 0.3 is 5.97 Å². The fourth-order valence-electron chi connectivity index (χ4n) is 1.79. The van der Waals surface area contributed by atoms with Crippen LogP contribution in [-0.2, 0) is 14.9 Å². The highest BCUT2D eigenvalue weighted by Gasteiger charge is 2.54. The van der Waals surface area contributed by atoms with Crippen LogP contribution in [0.5, 0.6) is 0 Å². The molecule has 4 nitrogen and oxygen atoms in total. The van der Waals surface area contributed by atoms with Crippen LogP contribution in [0.4, 0.5) is 0 Å². The molecule has 1 saturated carbocycles. The molecular weight excluding hydrogens is 226 g/mol. The number of nitrogens with zero attached hydrogens (tertiary/aromatic N) is 1. The zero-order valence-corrected chi connectivity index (χ0v) is 9.58. The average molecular weight is 237 g/mol. The lowest BCUT2D eigenvalue weighted by Gasteiger charge is -2.18. The molecule has 2 rings (SSSR count). The predicted octanol–water partition coefficient (Wildman–Crippen LogP) is 1.19. The van der Waals surface area contributed by atoms with Crippen molar-refractivity contribution in [1.82, 2.24) is 0 Å². The number of aliphatic hydroxyl groups excluding tert-OH is 1. The molecule has 84 valence electrons. The van der Waals surface area contributed by atoms with E-state index in [-0.39, 0.29) is 0 Å². The van der Waals surface area contributed by atoms with Gasteiger partial charge in [0.25, 0.3) is 0 Å². The molecule has 0 bridgehead atoms. The third kappa shape index (κ3) is 1.60. The molecule has 16 heavy (non-hydrogen) atoms. The van der Waals surface area contributed by atoms with E-state index in [4.69, 9.17) is 5.26 Å². The van der Waals surface area contributed by atoms with Crippen molar-refractivity contribution in [2.45, 2.75) is 24.4 Å². The van der Waals surface area contributed by atoms with Crippen molar-refractivity contribution in [3.05, 3.63) is 21.9 Å². The lowest BCUT2D eigenvalue weighted by Crippen LogP contribution is -2.34. The van der Waals surface area contributed by atoms with E-state index in [0.29, 0.717) is 4.88 Å². The van der Waals surface area contributed by atoms with Crippen LogP contribution in [0.25, 0.3) is 0 Å². The molecule has 5 heteroatoms. The van der Waals surface area contributed by atoms with E-state index < -0.39 is 17.5 Å². The molecule has 1 aliphatic carbocycles. The van der Waals surface area contributed by atoms with Crippen LogP contribution in [0.2, 0.25) is 0 Å². The topological polar surface area (TPSA) is 70.3 Å². The Bertz CT molecular complexity index is 456. The first-order valence-corrected chi connectivity index (χ1v) is 5.72. The highest BCUT2D eigenvalue weighted by atomic mass is 32.1. The second-order valence-electron chi connectivity index (χ2n) is 3.86. The van der Waals surface area contributed by atoms with E-state index in [0.717, 1.165) is 17.7 Å². The third-order valence-electron chi connectivity index (χ3n) is 2.94. The van der Waals surface area contributed by atoms with Gasteiger partial charge in [-0.1, -0.05) is 0 Å². The highest BCUT2D eigenvalue weighted by Crippen LogP contribution is 2.53. The van der Waals surface area contributed by atoms with E-state index in [1.165, 1.54) is 18.4 Å². The van der Waals surface area contributed by atoms with Gasteiger partial charge in [-0.15, -0.1) is 11.3 Å². The van der Waals surface area contributed by atoms with Gasteiger partial charge in [-0.2, -0.15) is 5.26 Å². The molecule has 1 aliphatic rings. The van der Waals surface area contributed by atoms with Crippen LogP contribution in [0.15, 0.2) is 12.1 Å². The first-order valence-electron chi connectivity index (χ1n) is 4.90. The van der Waals surface area contributed by atoms with Crippen LogP contribution < -0.4 is 0 Å². The lowest BCUT2D eigenvalue weighted by atomic mass is 9.97. The number of methoxy groups -OCH3 is 1. The number of carbonyl (C=O) groups excluding carboxylic acids is 1. The molecule has 0 aromatic carbocycles. The van der Waals surface area contributed by atoms with Crippen molar-refractivity contribution in [2.24, 2.45) is 0 Å². The van der Waals surface area contributed by atoms with Gasteiger partial charge in [0.2, 0.25) is 0 Å². The van der Waals surface area contributed by atoms with Gasteiger partial charge in [-0.25, -0.2) is 4.79 Å². The third-order valence-corrected chi connectivity index (χ3v) is 4.15. The number of ether oxygens (including phenoxy) is 1. The second kappa shape index (κ2) is 3.89. The van der Waals surface area contributed by atoms with E-state index >= 15 is 0 Å². The number of hydrogen-bond donors (Lipinski definition) is 1. The number of carbonyl (C=O) groups is 1. The van der Waals surface area contributed by atoms with Crippen LogP contribution in [-0.4, -0.2) is 24.3 Å². The van der Waals surface area contributed by atoms with Gasteiger partial charge in [-0.05, 0) is 25.0 Å². The molecule has 1 fully saturated rings. The number of aliphatic hydroxyl groups is 1. The molecule has 1 aromatic rings. The van der Waals surface area contributed by atoms with Gasteiger partial charge in [-0.3, -0.25) is 0 Å². The molecule has 1 unspecified atom stereocenters. The Balaban J connectivity index is 2.26. The number of esters is 1. The van der Waals surface area contributed by atoms with Crippen molar-refractivity contribution in [3.8, 4) is 6.07 Å². The average Bonchev–Trinajstić information content (AvgIpc) is 2.98. The Hall–Kier alpha value is -1.38. The Labute approximate surface area is 97.1 Å². The van der Waals surface area contributed by atoms with Crippen molar-refractivity contribution in [2.75, 3.05) is 7.11 Å². The van der Waals surface area contributed by atoms with Crippen molar-refractivity contribution in [3.63, 3.8) is 0 Å². The summed E-state index contributed by atoms with van der Waals surface area (Å²) in [5.74, 6) is -0.607. The number of rotatable bonds is 3. The predicted molar refractivity (Wildman–Crippen MR) is 58.0 cm³/mol. The molecule has 0 spiro atoms. The van der Waals surface area contributed by atoms with Crippen molar-refractivity contribution in [1.29, 1.82) is 5.26 Å². The monoisotopic (exact) mass is 237 g/mol. The molecule has 1 N–H and O–H groups in total. The maximum Gasteiger partial charge on any atom is 0.335 e. The maximum atomic E-state index is 11.3. The van der Waals surface area contributed by atoms with Crippen LogP contribution in [0, 0.1) is 11.3 Å². The highest BCUT2D eigenvalue weighted by molar-refractivity contribution is 7.12. The Kier molecular flexibility index (Phi) is 2.70. The summed E-state index contributed by atoms with van der Waals surface area (Å²) in [4.78, 5) is 12.8. The summed E-state index contributed by atoms with van der Waals surface area (Å²) < 4.78 is 4.54. The summed E-state index contributed by atoms with van der Waals surface area (Å²) in [6, 6.07) is 5.57. The minimum Gasteiger partial charge on any atom is -0.467 e. The smallest absolute Gasteiger partial charge is 0.335 e. The van der Waals surface area contributed by atoms with Crippen LogP contribution in [0.3, 0.4) is 0 Å². The summed E-state index contributed by atoms with van der Waals surface area (Å²) in [7, 11) is 1.26. The van der Waals surface area contributed by atoms with Gasteiger partial charge in [0.05, 0.1) is 7.11 Å². The Morgan fingerprint density at radius 2 is 2.38 bits per heavy atom. The van der Waals surface area contributed by atoms with E-state index in [2.05, 4.69) is 10.8 Å². The first-order chi connectivity index (χ1) is 7.64. The number of nitriles is 1. The molecule has 0 amide bonds. The summed E-state index contributed by atoms with van der Waals surface area (Å²) in [5, 5.41) is 18.6. The maximum absolute atomic E-state index is 11.3. The summed E-state index contributed by atoms with van der Waals surface area (Å²) >= 11 is 1.33. The molecule has 1 atom stereocenters. The molecule has 0 saturated heterocycles. The minimum absolute atomic E-state index is 0.507. The Morgan fingerprint density at radius 1 is 1.69 bits per heavy atom. The summed E-state index contributed by atoms with van der Waals surface area (Å²) in [6.45, 7) is 0. The van der Waals surface area contributed by atoms with E-state index in [1.807, 2.05) is 6.07 Å². The van der Waals surface area contributed by atoms with Crippen molar-refractivity contribution < 1.29 is 14.6 Å². The second-order valence-corrected chi connectivity index (χ2v) is 4.94. The van der Waals surface area contributed by atoms with Gasteiger partial charge in [0.15, 0.2) is 6.10 Å². The van der Waals surface area contributed by atoms with Crippen molar-refractivity contribution >= 4 is 17.3 Å². The van der Waals surface area contributed by atoms with Gasteiger partial charge in [0, 0.05) is 10.3 Å². The standard InChI is InChI=1S/C11H11NO3S/c1-15-10(14)9(13)11(4-5-11)8-3-2-7(6-12)16-8/h2-3,9,13H,4-5H2,1H3. The fraction of sp³-hybridized carbons (Fsp3) is 0.455. The normalized spacial score (nSPS) is 18.6. The number of thiophene rings is 1.